The third-order valence-corrected chi connectivity index (χ3v) is 14.7. The molecule has 2 saturated carbocycles. The minimum atomic E-state index is -3.53. The molecule has 330 valence electrons. The number of imide groups is 1. The number of ether oxygens (including phenoxy) is 1. The fraction of sp³-hybridized carbons (Fsp3) is 0.532. The van der Waals surface area contributed by atoms with E-state index in [0.29, 0.717) is 69.6 Å². The molecule has 0 radical (unpaired) electrons. The number of piperidine rings is 3. The number of carbonyl (C=O) groups is 4. The Bertz CT molecular complexity index is 2270. The number of alkyl halides is 2. The highest BCUT2D eigenvalue weighted by Crippen LogP contribution is 2.51. The van der Waals surface area contributed by atoms with E-state index in [2.05, 4.69) is 25.8 Å². The Kier molecular flexibility index (Phi) is 10.9. The zero-order valence-corrected chi connectivity index (χ0v) is 35.8. The van der Waals surface area contributed by atoms with Crippen LogP contribution in [-0.4, -0.2) is 99.5 Å². The fourth-order valence-corrected chi connectivity index (χ4v) is 11.3. The summed E-state index contributed by atoms with van der Waals surface area (Å²) in [6, 6.07) is 15.6. The molecule has 15 heteroatoms. The zero-order chi connectivity index (χ0) is 43.7. The van der Waals surface area contributed by atoms with Gasteiger partial charge in [-0.1, -0.05) is 6.07 Å². The quantitative estimate of drug-likeness (QED) is 0.189. The number of fused-ring (bicyclic) bond motifs is 3. The first-order valence-electron chi connectivity index (χ1n) is 22.0. The van der Waals surface area contributed by atoms with Crippen molar-refractivity contribution in [2.24, 2.45) is 17.3 Å². The Morgan fingerprint density at radius 1 is 0.968 bits per heavy atom. The van der Waals surface area contributed by atoms with Gasteiger partial charge in [-0.15, -0.1) is 0 Å². The number of halogens is 3. The van der Waals surface area contributed by atoms with Crippen LogP contribution in [0.4, 0.5) is 41.6 Å². The zero-order valence-electron chi connectivity index (χ0n) is 35.8. The van der Waals surface area contributed by atoms with Gasteiger partial charge in [0, 0.05) is 55.9 Å². The molecule has 4 aliphatic heterocycles. The molecule has 9 rings (SSSR count). The molecule has 2 aliphatic carbocycles. The van der Waals surface area contributed by atoms with Crippen molar-refractivity contribution in [3.8, 4) is 5.75 Å². The van der Waals surface area contributed by atoms with Gasteiger partial charge in [0.15, 0.2) is 0 Å². The third kappa shape index (κ3) is 7.85. The second-order valence-corrected chi connectivity index (χ2v) is 18.9. The van der Waals surface area contributed by atoms with Gasteiger partial charge in [-0.05, 0) is 143 Å². The summed E-state index contributed by atoms with van der Waals surface area (Å²) in [6.45, 7) is 6.90. The molecular weight excluding hydrogens is 800 g/mol. The molecule has 1 spiro atoms. The van der Waals surface area contributed by atoms with E-state index in [0.717, 1.165) is 69.6 Å². The van der Waals surface area contributed by atoms with Crippen molar-refractivity contribution in [2.45, 2.75) is 95.2 Å². The van der Waals surface area contributed by atoms with Crippen molar-refractivity contribution in [1.82, 2.24) is 15.5 Å². The SMILES string of the molecule is COc1cc(C(=O)NC2CC3(CCN(C[C@H]4C[C@@H]5CC4CN5c4ccc(C5CCC(=O)NC5=O)cc4F)CC3)C2)ccc1Nc1ccc2c(c1)N(C(C)C)CC(F)(F)C(=O)N2C. The van der Waals surface area contributed by atoms with E-state index in [1.807, 2.05) is 26.0 Å². The maximum atomic E-state index is 15.5. The van der Waals surface area contributed by atoms with Crippen molar-refractivity contribution in [3.05, 3.63) is 71.5 Å². The molecule has 62 heavy (non-hydrogen) atoms. The Hall–Kier alpha value is -5.31. The number of amides is 4. The average Bonchev–Trinajstić information content (AvgIpc) is 3.81. The summed E-state index contributed by atoms with van der Waals surface area (Å²) in [7, 11) is 2.90. The van der Waals surface area contributed by atoms with Crippen molar-refractivity contribution in [3.63, 3.8) is 0 Å². The minimum absolute atomic E-state index is 0.105. The van der Waals surface area contributed by atoms with E-state index in [9.17, 15) is 28.0 Å². The van der Waals surface area contributed by atoms with Gasteiger partial charge in [0.1, 0.15) is 11.6 Å². The van der Waals surface area contributed by atoms with Crippen LogP contribution in [0.1, 0.15) is 87.1 Å². The maximum Gasteiger partial charge on any atom is 0.342 e. The van der Waals surface area contributed by atoms with Gasteiger partial charge >= 0.3 is 5.92 Å². The van der Waals surface area contributed by atoms with Crippen molar-refractivity contribution in [2.75, 3.05) is 66.9 Å². The van der Waals surface area contributed by atoms with E-state index in [1.165, 1.54) is 25.1 Å². The summed E-state index contributed by atoms with van der Waals surface area (Å²) in [5.74, 6) is -4.79. The van der Waals surface area contributed by atoms with Gasteiger partial charge in [-0.2, -0.15) is 8.78 Å². The predicted octanol–water partition coefficient (Wildman–Crippen LogP) is 6.81. The number of hydrogen-bond donors (Lipinski definition) is 3. The van der Waals surface area contributed by atoms with Gasteiger partial charge in [0.25, 0.3) is 11.8 Å². The summed E-state index contributed by atoms with van der Waals surface area (Å²) in [5.41, 5.74) is 4.09. The number of likely N-dealkylation sites (tertiary alicyclic amines) is 1. The molecule has 3 N–H and O–H groups in total. The molecule has 5 fully saturated rings. The van der Waals surface area contributed by atoms with Crippen LogP contribution in [0.15, 0.2) is 54.6 Å². The van der Waals surface area contributed by atoms with Crippen LogP contribution in [0.3, 0.4) is 0 Å². The number of nitrogens with zero attached hydrogens (tertiary/aromatic N) is 4. The Balaban J connectivity index is 0.745. The summed E-state index contributed by atoms with van der Waals surface area (Å²) < 4.78 is 50.8. The number of anilines is 5. The molecule has 4 heterocycles. The number of benzene rings is 3. The summed E-state index contributed by atoms with van der Waals surface area (Å²) in [4.78, 5) is 57.3. The molecule has 0 aromatic heterocycles. The van der Waals surface area contributed by atoms with Crippen LogP contribution in [-0.2, 0) is 14.4 Å². The van der Waals surface area contributed by atoms with E-state index in [4.69, 9.17) is 4.74 Å². The number of rotatable bonds is 10. The Labute approximate surface area is 360 Å². The summed E-state index contributed by atoms with van der Waals surface area (Å²) >= 11 is 0. The molecule has 4 amide bonds. The van der Waals surface area contributed by atoms with E-state index >= 15 is 4.39 Å². The first-order valence-corrected chi connectivity index (χ1v) is 22.0. The molecule has 4 atom stereocenters. The Morgan fingerprint density at radius 2 is 1.73 bits per heavy atom. The van der Waals surface area contributed by atoms with Crippen molar-refractivity contribution in [1.29, 1.82) is 0 Å². The highest BCUT2D eigenvalue weighted by atomic mass is 19.3. The van der Waals surface area contributed by atoms with Crippen LogP contribution in [0.5, 0.6) is 5.75 Å². The minimum Gasteiger partial charge on any atom is -0.495 e. The lowest BCUT2D eigenvalue weighted by atomic mass is 9.60. The average molecular weight is 856 g/mol. The van der Waals surface area contributed by atoms with Crippen LogP contribution in [0.25, 0.3) is 0 Å². The Morgan fingerprint density at radius 3 is 2.40 bits per heavy atom. The van der Waals surface area contributed by atoms with E-state index < -0.39 is 24.3 Å². The molecule has 3 aromatic rings. The van der Waals surface area contributed by atoms with Crippen molar-refractivity contribution < 1.29 is 37.1 Å². The van der Waals surface area contributed by atoms with Gasteiger partial charge < -0.3 is 35.0 Å². The second kappa shape index (κ2) is 16.1. The molecule has 2 unspecified atom stereocenters. The predicted molar refractivity (Wildman–Crippen MR) is 231 cm³/mol. The van der Waals surface area contributed by atoms with Gasteiger partial charge in [-0.25, -0.2) is 4.39 Å². The van der Waals surface area contributed by atoms with Crippen LogP contribution in [0, 0.1) is 23.1 Å². The van der Waals surface area contributed by atoms with Gasteiger partial charge in [0.05, 0.1) is 42.3 Å². The molecular formula is C47H56F3N7O5. The normalized spacial score (nSPS) is 25.7. The van der Waals surface area contributed by atoms with Crippen LogP contribution < -0.4 is 35.4 Å². The molecule has 3 aromatic carbocycles. The lowest BCUT2D eigenvalue weighted by Gasteiger charge is -2.52. The molecule has 2 bridgehead atoms. The van der Waals surface area contributed by atoms with Gasteiger partial charge in [-0.3, -0.25) is 24.5 Å². The number of carbonyl (C=O) groups excluding carboxylic acids is 4. The third-order valence-electron chi connectivity index (χ3n) is 14.7. The van der Waals surface area contributed by atoms with Crippen LogP contribution >= 0.6 is 0 Å². The molecule has 12 nitrogen and oxygen atoms in total. The highest BCUT2D eigenvalue weighted by Gasteiger charge is 2.50. The lowest BCUT2D eigenvalue weighted by molar-refractivity contribution is -0.140. The number of nitrogens with one attached hydrogen (secondary N) is 3. The molecule has 3 saturated heterocycles. The smallest absolute Gasteiger partial charge is 0.342 e. The maximum absolute atomic E-state index is 15.5. The standard InChI is InChI=1S/C47H56F3N7O5/c1-27(2)57-26-47(49,50)45(61)54(3)39-11-7-32(21-40(39)57)51-37-9-5-29(20-41(37)62-4)43(59)52-33-22-46(23-33)13-15-55(16-14-46)24-30-17-34-18-31(30)25-56(34)38-10-6-28(19-36(38)48)35-8-12-42(58)53-44(35)60/h5-7,9-11,19-21,27,30-31,33-35,51H,8,12-18,22-26H2,1-4H3,(H,52,59)(H,53,58,60)/t30-,31?,34-,35?/m1/s1. The highest BCUT2D eigenvalue weighted by molar-refractivity contribution is 6.03. The largest absolute Gasteiger partial charge is 0.495 e. The van der Waals surface area contributed by atoms with E-state index in [1.54, 1.807) is 36.4 Å². The van der Waals surface area contributed by atoms with Crippen molar-refractivity contribution >= 4 is 52.1 Å². The number of methoxy groups -OCH3 is 1. The summed E-state index contributed by atoms with van der Waals surface area (Å²) in [6.07, 6.45) is 6.92. The first kappa shape index (κ1) is 42.0. The van der Waals surface area contributed by atoms with E-state index in [-0.39, 0.29) is 47.5 Å². The lowest BCUT2D eigenvalue weighted by Crippen LogP contribution is -2.55. The molecule has 6 aliphatic rings. The van der Waals surface area contributed by atoms with Crippen LogP contribution in [0.2, 0.25) is 0 Å². The fourth-order valence-electron chi connectivity index (χ4n) is 11.3. The first-order chi connectivity index (χ1) is 29.6. The number of hydrogen-bond acceptors (Lipinski definition) is 9. The topological polar surface area (TPSA) is 127 Å². The second-order valence-electron chi connectivity index (χ2n) is 18.9. The monoisotopic (exact) mass is 855 g/mol. The van der Waals surface area contributed by atoms with Gasteiger partial charge in [0.2, 0.25) is 11.8 Å². The summed E-state index contributed by atoms with van der Waals surface area (Å²) in [5, 5.41) is 8.92.